The maximum Gasteiger partial charge on any atom is 0.295 e. The van der Waals surface area contributed by atoms with Crippen molar-refractivity contribution < 1.29 is 43.7 Å². The van der Waals surface area contributed by atoms with E-state index in [9.17, 15) is 49.0 Å². The summed E-state index contributed by atoms with van der Waals surface area (Å²) in [5, 5.41) is 19.1. The minimum Gasteiger partial charge on any atom is -0.389 e. The first kappa shape index (κ1) is 30.7. The van der Waals surface area contributed by atoms with E-state index in [1.807, 2.05) is 6.07 Å². The Morgan fingerprint density at radius 3 is 2.10 bits per heavy atom. The molecule has 15 nitrogen and oxygen atoms in total. The number of fused-ring (bicyclic) bond motifs is 1. The van der Waals surface area contributed by atoms with Crippen molar-refractivity contribution in [2.75, 3.05) is 11.1 Å². The average Bonchev–Trinajstić information content (AvgIpc) is 3.19. The van der Waals surface area contributed by atoms with Crippen molar-refractivity contribution in [3.63, 3.8) is 0 Å². The number of nitrogens with one attached hydrogen (secondary N) is 1. The van der Waals surface area contributed by atoms with Crippen molar-refractivity contribution in [1.29, 1.82) is 5.26 Å². The van der Waals surface area contributed by atoms with E-state index in [1.54, 1.807) is 24.3 Å². The number of rotatable bonds is 7. The van der Waals surface area contributed by atoms with Crippen LogP contribution in [0.4, 0.5) is 21.4 Å². The monoisotopic (exact) mass is 651 g/mol. The van der Waals surface area contributed by atoms with Crippen LogP contribution in [0.1, 0.15) is 12.5 Å². The Balaban J connectivity index is 1.98. The molecule has 218 valence electrons. The summed E-state index contributed by atoms with van der Waals surface area (Å²) in [7, 11) is -15.5. The van der Waals surface area contributed by atoms with Crippen LogP contribution in [-0.2, 0) is 35.1 Å². The second-order valence-corrected chi connectivity index (χ2v) is 13.7. The first-order chi connectivity index (χ1) is 19.4. The molecule has 1 heterocycles. The average molecular weight is 652 g/mol. The number of azo groups is 1. The van der Waals surface area contributed by atoms with Crippen LogP contribution < -0.4 is 11.1 Å². The van der Waals surface area contributed by atoms with Gasteiger partial charge in [0.15, 0.2) is 0 Å². The first-order valence-corrected chi connectivity index (χ1v) is 16.2. The molecule has 1 amide bonds. The zero-order valence-electron chi connectivity index (χ0n) is 20.9. The van der Waals surface area contributed by atoms with E-state index in [-0.39, 0.29) is 32.7 Å². The van der Waals surface area contributed by atoms with E-state index in [2.05, 4.69) is 15.5 Å². The van der Waals surface area contributed by atoms with Gasteiger partial charge in [0, 0.05) is 28.9 Å². The molecule has 0 aliphatic rings. The zero-order valence-corrected chi connectivity index (χ0v) is 24.1. The van der Waals surface area contributed by atoms with Crippen LogP contribution in [0, 0.1) is 11.3 Å². The highest BCUT2D eigenvalue weighted by atomic mass is 32.2. The molecule has 4 aromatic rings. The topological polar surface area (TPSA) is 267 Å². The molecular formula is C23H17N5O10S4. The van der Waals surface area contributed by atoms with Gasteiger partial charge in [0.2, 0.25) is 5.91 Å². The summed E-state index contributed by atoms with van der Waals surface area (Å²) in [6.45, 7) is 1.30. The third-order valence-electron chi connectivity index (χ3n) is 5.56. The van der Waals surface area contributed by atoms with Gasteiger partial charge in [0.1, 0.15) is 25.9 Å². The van der Waals surface area contributed by atoms with E-state index in [1.165, 1.54) is 6.92 Å². The number of hydrogen-bond donors (Lipinski definition) is 5. The van der Waals surface area contributed by atoms with Crippen LogP contribution in [0.25, 0.3) is 21.9 Å². The molecule has 0 atom stereocenters. The first-order valence-electron chi connectivity index (χ1n) is 11.1. The molecule has 0 aliphatic carbocycles. The van der Waals surface area contributed by atoms with Gasteiger partial charge in [0.05, 0.1) is 16.1 Å². The van der Waals surface area contributed by atoms with Gasteiger partial charge in [-0.25, -0.2) is 0 Å². The van der Waals surface area contributed by atoms with Crippen molar-refractivity contribution in [3.8, 4) is 17.2 Å². The van der Waals surface area contributed by atoms with E-state index < -0.39 is 55.8 Å². The highest BCUT2D eigenvalue weighted by molar-refractivity contribution is 7.87. The molecule has 0 aliphatic heterocycles. The third kappa shape index (κ3) is 6.29. The fourth-order valence-corrected chi connectivity index (χ4v) is 6.84. The predicted molar refractivity (Wildman–Crippen MR) is 151 cm³/mol. The Morgan fingerprint density at radius 1 is 0.905 bits per heavy atom. The molecule has 0 fully saturated rings. The van der Waals surface area contributed by atoms with Crippen LogP contribution in [0.5, 0.6) is 0 Å². The fraction of sp³-hybridized carbons (Fsp3) is 0.0435. The molecule has 0 saturated heterocycles. The standard InChI is InChI=1S/C23H17N5O10S4/c1-11(29)26-13-4-2-3-12(5-13)21-18(10-24)22(25)39-23(21)28-27-14-6-16-17(19(7-14)41(33,34)35)8-15(40(30,31)32)9-20(16)42(36,37)38/h2-9H,25H2,1H3,(H,26,29)(H,30,31,32)(H,33,34,35)(H,36,37,38)/b28-27+. The molecule has 0 spiro atoms. The van der Waals surface area contributed by atoms with Crippen LogP contribution in [-0.4, -0.2) is 44.8 Å². The van der Waals surface area contributed by atoms with Gasteiger partial charge >= 0.3 is 0 Å². The lowest BCUT2D eigenvalue weighted by Gasteiger charge is -2.11. The maximum atomic E-state index is 12.2. The fourth-order valence-electron chi connectivity index (χ4n) is 3.93. The number of hydrogen-bond acceptors (Lipinski definition) is 12. The molecule has 3 aromatic carbocycles. The summed E-state index contributed by atoms with van der Waals surface area (Å²) in [5.41, 5.74) is 6.65. The molecule has 42 heavy (non-hydrogen) atoms. The lowest BCUT2D eigenvalue weighted by Crippen LogP contribution is -2.07. The van der Waals surface area contributed by atoms with E-state index in [0.717, 1.165) is 23.5 Å². The smallest absolute Gasteiger partial charge is 0.295 e. The molecule has 0 radical (unpaired) electrons. The SMILES string of the molecule is CC(=O)Nc1cccc(-c2c(/N=N/c3cc(S(=O)(=O)O)c4cc(S(=O)(=O)O)cc(S(=O)(=O)O)c4c3)sc(N)c2C#N)c1. The van der Waals surface area contributed by atoms with Gasteiger partial charge in [-0.3, -0.25) is 18.5 Å². The number of nitrogens with zero attached hydrogens (tertiary/aromatic N) is 3. The predicted octanol–water partition coefficient (Wildman–Crippen LogP) is 4.14. The largest absolute Gasteiger partial charge is 0.389 e. The second kappa shape index (κ2) is 10.8. The minimum atomic E-state index is -5.22. The lowest BCUT2D eigenvalue weighted by atomic mass is 10.0. The Kier molecular flexibility index (Phi) is 7.92. The number of anilines is 2. The summed E-state index contributed by atoms with van der Waals surface area (Å²) in [5.74, 6) is -0.351. The van der Waals surface area contributed by atoms with Crippen LogP contribution in [0.15, 0.2) is 73.4 Å². The van der Waals surface area contributed by atoms with Crippen molar-refractivity contribution >= 4 is 79.7 Å². The number of amides is 1. The lowest BCUT2D eigenvalue weighted by molar-refractivity contribution is -0.114. The summed E-state index contributed by atoms with van der Waals surface area (Å²) >= 11 is 0.834. The number of carbonyl (C=O) groups is 1. The molecule has 1 aromatic heterocycles. The van der Waals surface area contributed by atoms with Crippen LogP contribution in [0.2, 0.25) is 0 Å². The van der Waals surface area contributed by atoms with Crippen molar-refractivity contribution in [1.82, 2.24) is 0 Å². The highest BCUT2D eigenvalue weighted by Gasteiger charge is 2.26. The van der Waals surface area contributed by atoms with Gasteiger partial charge in [-0.2, -0.15) is 30.5 Å². The van der Waals surface area contributed by atoms with E-state index >= 15 is 0 Å². The highest BCUT2D eigenvalue weighted by Crippen LogP contribution is 2.45. The molecule has 4 rings (SSSR count). The molecule has 0 bridgehead atoms. The molecule has 6 N–H and O–H groups in total. The Morgan fingerprint density at radius 2 is 1.52 bits per heavy atom. The molecule has 0 saturated carbocycles. The molecule has 0 unspecified atom stereocenters. The van der Waals surface area contributed by atoms with Crippen molar-refractivity contribution in [2.45, 2.75) is 21.6 Å². The van der Waals surface area contributed by atoms with Gasteiger partial charge in [0.25, 0.3) is 30.4 Å². The number of thiophene rings is 1. The summed E-state index contributed by atoms with van der Waals surface area (Å²) < 4.78 is 101. The number of nitrogen functional groups attached to an aromatic ring is 1. The van der Waals surface area contributed by atoms with Gasteiger partial charge < -0.3 is 11.1 Å². The summed E-state index contributed by atoms with van der Waals surface area (Å²) in [4.78, 5) is 8.28. The van der Waals surface area contributed by atoms with Gasteiger partial charge in [-0.1, -0.05) is 23.5 Å². The zero-order chi connectivity index (χ0) is 31.2. The van der Waals surface area contributed by atoms with Crippen molar-refractivity contribution in [2.24, 2.45) is 10.2 Å². The normalized spacial score (nSPS) is 12.5. The second-order valence-electron chi connectivity index (χ2n) is 8.48. The minimum absolute atomic E-state index is 0.0254. The Bertz CT molecular complexity index is 2200. The molecular weight excluding hydrogens is 635 g/mol. The quantitative estimate of drug-likeness (QED) is 0.139. The van der Waals surface area contributed by atoms with Gasteiger partial charge in [-0.05, 0) is 42.0 Å². The number of benzene rings is 3. The summed E-state index contributed by atoms with van der Waals surface area (Å²) in [6, 6.07) is 10.9. The van der Waals surface area contributed by atoms with E-state index in [0.29, 0.717) is 23.4 Å². The van der Waals surface area contributed by atoms with Crippen LogP contribution >= 0.6 is 11.3 Å². The van der Waals surface area contributed by atoms with Crippen molar-refractivity contribution in [3.05, 3.63) is 54.1 Å². The molecule has 19 heteroatoms. The number of nitriles is 1. The van der Waals surface area contributed by atoms with Gasteiger partial charge in [-0.15, -0.1) is 10.2 Å². The summed E-state index contributed by atoms with van der Waals surface area (Å²) in [6.07, 6.45) is 0. The number of carbonyl (C=O) groups excluding carboxylic acids is 1. The van der Waals surface area contributed by atoms with E-state index in [4.69, 9.17) is 5.73 Å². The third-order valence-corrected chi connectivity index (χ3v) is 9.08. The Hall–Kier alpha value is -4.29. The Labute approximate surface area is 242 Å². The number of nitrogens with two attached hydrogens (primary N) is 1. The maximum absolute atomic E-state index is 12.2. The van der Waals surface area contributed by atoms with Crippen LogP contribution in [0.3, 0.4) is 0 Å².